The van der Waals surface area contributed by atoms with Crippen LogP contribution in [0.2, 0.25) is 0 Å². The summed E-state index contributed by atoms with van der Waals surface area (Å²) < 4.78 is 20.7. The van der Waals surface area contributed by atoms with E-state index in [0.717, 1.165) is 0 Å². The van der Waals surface area contributed by atoms with Crippen molar-refractivity contribution in [1.82, 2.24) is 5.32 Å². The number of carbonyl (C=O) groups excluding carboxylic acids is 1. The van der Waals surface area contributed by atoms with Crippen molar-refractivity contribution >= 4 is 6.09 Å². The van der Waals surface area contributed by atoms with Gasteiger partial charge in [0, 0.05) is 32.8 Å². The van der Waals surface area contributed by atoms with Crippen molar-refractivity contribution in [3.63, 3.8) is 0 Å². The molecule has 132 valence electrons. The van der Waals surface area contributed by atoms with E-state index in [-0.39, 0.29) is 12.5 Å². The van der Waals surface area contributed by atoms with Gasteiger partial charge in [-0.15, -0.1) is 0 Å². The number of hydrogen-bond donors (Lipinski definition) is 2. The predicted molar refractivity (Wildman–Crippen MR) is 82.9 cm³/mol. The highest BCUT2D eigenvalue weighted by Gasteiger charge is 2.17. The quantitative estimate of drug-likeness (QED) is 0.525. The minimum Gasteiger partial charge on any atom is -0.444 e. The van der Waals surface area contributed by atoms with Crippen molar-refractivity contribution in [2.75, 3.05) is 53.3 Å². The SMILES string of the molecule is COCCOCCOCCC(CO)CNC(=O)OC(C)(C)C. The number of nitrogens with one attached hydrogen (secondary N) is 1. The molecule has 0 spiro atoms. The van der Waals surface area contributed by atoms with Crippen LogP contribution in [-0.2, 0) is 18.9 Å². The van der Waals surface area contributed by atoms with Crippen LogP contribution in [0.3, 0.4) is 0 Å². The van der Waals surface area contributed by atoms with Gasteiger partial charge in [0.1, 0.15) is 5.60 Å². The Kier molecular flexibility index (Phi) is 12.1. The Morgan fingerprint density at radius 3 is 2.23 bits per heavy atom. The Bertz CT molecular complexity index is 280. The van der Waals surface area contributed by atoms with Crippen LogP contribution in [-0.4, -0.2) is 70.1 Å². The average molecular weight is 321 g/mol. The first-order valence-corrected chi connectivity index (χ1v) is 7.61. The normalized spacial score (nSPS) is 13.0. The molecule has 2 N–H and O–H groups in total. The molecule has 22 heavy (non-hydrogen) atoms. The van der Waals surface area contributed by atoms with Crippen LogP contribution in [0.1, 0.15) is 27.2 Å². The number of methoxy groups -OCH3 is 1. The van der Waals surface area contributed by atoms with Gasteiger partial charge in [-0.25, -0.2) is 4.79 Å². The minimum atomic E-state index is -0.523. The van der Waals surface area contributed by atoms with Crippen molar-refractivity contribution in [2.24, 2.45) is 5.92 Å². The molecule has 7 nitrogen and oxygen atoms in total. The summed E-state index contributed by atoms with van der Waals surface area (Å²) in [6.45, 7) is 8.42. The lowest BCUT2D eigenvalue weighted by Crippen LogP contribution is -2.36. The number of alkyl carbamates (subject to hydrolysis) is 1. The van der Waals surface area contributed by atoms with Gasteiger partial charge in [-0.05, 0) is 27.2 Å². The van der Waals surface area contributed by atoms with Gasteiger partial charge in [0.2, 0.25) is 0 Å². The molecule has 0 rings (SSSR count). The summed E-state index contributed by atoms with van der Waals surface area (Å²) in [7, 11) is 1.63. The monoisotopic (exact) mass is 321 g/mol. The number of ether oxygens (including phenoxy) is 4. The smallest absolute Gasteiger partial charge is 0.407 e. The fourth-order valence-corrected chi connectivity index (χ4v) is 1.51. The number of aliphatic hydroxyl groups excluding tert-OH is 1. The minimum absolute atomic E-state index is 0.0104. The van der Waals surface area contributed by atoms with Crippen LogP contribution >= 0.6 is 0 Å². The van der Waals surface area contributed by atoms with Gasteiger partial charge in [-0.2, -0.15) is 0 Å². The van der Waals surface area contributed by atoms with Gasteiger partial charge < -0.3 is 29.4 Å². The molecule has 1 atom stereocenters. The van der Waals surface area contributed by atoms with Gasteiger partial charge in [-0.3, -0.25) is 0 Å². The van der Waals surface area contributed by atoms with Gasteiger partial charge in [0.25, 0.3) is 0 Å². The lowest BCUT2D eigenvalue weighted by Gasteiger charge is -2.21. The lowest BCUT2D eigenvalue weighted by molar-refractivity contribution is 0.0197. The molecule has 0 aliphatic rings. The first kappa shape index (κ1) is 21.1. The standard InChI is InChI=1S/C15H31NO6/c1-15(2,3)22-14(18)16-11-13(12-17)5-6-20-9-10-21-8-7-19-4/h13,17H,5-12H2,1-4H3,(H,16,18). The van der Waals surface area contributed by atoms with Crippen LogP contribution in [0.4, 0.5) is 4.79 Å². The largest absolute Gasteiger partial charge is 0.444 e. The van der Waals surface area contributed by atoms with Crippen molar-refractivity contribution in [3.8, 4) is 0 Å². The number of hydrogen-bond acceptors (Lipinski definition) is 6. The first-order valence-electron chi connectivity index (χ1n) is 7.61. The molecule has 0 aliphatic carbocycles. The Labute approximate surface area is 133 Å². The molecule has 1 unspecified atom stereocenters. The second-order valence-corrected chi connectivity index (χ2v) is 5.94. The van der Waals surface area contributed by atoms with E-state index >= 15 is 0 Å². The summed E-state index contributed by atoms with van der Waals surface area (Å²) in [6.07, 6.45) is 0.183. The number of aliphatic hydroxyl groups is 1. The van der Waals surface area contributed by atoms with Gasteiger partial charge in [0.05, 0.1) is 26.4 Å². The molecule has 0 saturated carbocycles. The zero-order valence-corrected chi connectivity index (χ0v) is 14.2. The van der Waals surface area contributed by atoms with E-state index in [9.17, 15) is 9.90 Å². The average Bonchev–Trinajstić information content (AvgIpc) is 2.43. The molecule has 1 amide bonds. The van der Waals surface area contributed by atoms with Crippen LogP contribution < -0.4 is 5.32 Å². The van der Waals surface area contributed by atoms with Crippen molar-refractivity contribution in [1.29, 1.82) is 0 Å². The third-order valence-corrected chi connectivity index (χ3v) is 2.67. The first-order chi connectivity index (χ1) is 10.4. The molecular formula is C15H31NO6. The second-order valence-electron chi connectivity index (χ2n) is 5.94. The summed E-state index contributed by atoms with van der Waals surface area (Å²) in [5.74, 6) is -0.0538. The Morgan fingerprint density at radius 2 is 1.68 bits per heavy atom. The van der Waals surface area contributed by atoms with E-state index in [4.69, 9.17) is 18.9 Å². The highest BCUT2D eigenvalue weighted by Crippen LogP contribution is 2.07. The fraction of sp³-hybridized carbons (Fsp3) is 0.933. The van der Waals surface area contributed by atoms with Gasteiger partial charge >= 0.3 is 6.09 Å². The second kappa shape index (κ2) is 12.6. The topological polar surface area (TPSA) is 86.3 Å². The van der Waals surface area contributed by atoms with Crippen LogP contribution in [0.25, 0.3) is 0 Å². The van der Waals surface area contributed by atoms with E-state index in [0.29, 0.717) is 46.0 Å². The molecule has 0 aromatic rings. The van der Waals surface area contributed by atoms with Crippen molar-refractivity contribution < 1.29 is 28.8 Å². The molecule has 0 aliphatic heterocycles. The molecule has 0 aromatic carbocycles. The Hall–Kier alpha value is -0.890. The number of amides is 1. The Balaban J connectivity index is 3.61. The van der Waals surface area contributed by atoms with Crippen LogP contribution in [0, 0.1) is 5.92 Å². The molecule has 0 radical (unpaired) electrons. The molecule has 0 bridgehead atoms. The van der Waals surface area contributed by atoms with Crippen LogP contribution in [0.5, 0.6) is 0 Å². The molecular weight excluding hydrogens is 290 g/mol. The Morgan fingerprint density at radius 1 is 1.09 bits per heavy atom. The highest BCUT2D eigenvalue weighted by molar-refractivity contribution is 5.67. The van der Waals surface area contributed by atoms with E-state index in [2.05, 4.69) is 5.32 Å². The van der Waals surface area contributed by atoms with E-state index < -0.39 is 11.7 Å². The van der Waals surface area contributed by atoms with Gasteiger partial charge in [-0.1, -0.05) is 0 Å². The summed E-state index contributed by atoms with van der Waals surface area (Å²) in [4.78, 5) is 11.5. The fourth-order valence-electron chi connectivity index (χ4n) is 1.51. The zero-order valence-electron chi connectivity index (χ0n) is 14.2. The van der Waals surface area contributed by atoms with Crippen molar-refractivity contribution in [3.05, 3.63) is 0 Å². The summed E-state index contributed by atoms with van der Waals surface area (Å²) in [5.41, 5.74) is -0.523. The van der Waals surface area contributed by atoms with E-state index in [1.807, 2.05) is 0 Å². The lowest BCUT2D eigenvalue weighted by atomic mass is 10.1. The van der Waals surface area contributed by atoms with E-state index in [1.165, 1.54) is 0 Å². The van der Waals surface area contributed by atoms with Crippen LogP contribution in [0.15, 0.2) is 0 Å². The predicted octanol–water partition coefficient (Wildman–Crippen LogP) is 1.19. The summed E-state index contributed by atoms with van der Waals surface area (Å²) >= 11 is 0. The maximum absolute atomic E-state index is 11.5. The third-order valence-electron chi connectivity index (χ3n) is 2.67. The molecule has 7 heteroatoms. The highest BCUT2D eigenvalue weighted by atomic mass is 16.6. The van der Waals surface area contributed by atoms with E-state index in [1.54, 1.807) is 27.9 Å². The molecule has 0 saturated heterocycles. The summed E-state index contributed by atoms with van der Waals surface area (Å²) in [5, 5.41) is 11.9. The zero-order chi connectivity index (χ0) is 16.8. The maximum Gasteiger partial charge on any atom is 0.407 e. The molecule has 0 heterocycles. The molecule has 0 aromatic heterocycles. The summed E-state index contributed by atoms with van der Waals surface area (Å²) in [6, 6.07) is 0. The molecule has 0 fully saturated rings. The van der Waals surface area contributed by atoms with Crippen molar-refractivity contribution in [2.45, 2.75) is 32.8 Å². The van der Waals surface area contributed by atoms with Gasteiger partial charge in [0.15, 0.2) is 0 Å². The number of rotatable bonds is 12. The maximum atomic E-state index is 11.5. The third kappa shape index (κ3) is 14.1. The number of carbonyl (C=O) groups is 1.